The summed E-state index contributed by atoms with van der Waals surface area (Å²) >= 11 is 5.99. The van der Waals surface area contributed by atoms with E-state index in [1.807, 2.05) is 37.3 Å². The number of carbonyl (C=O) groups is 1. The van der Waals surface area contributed by atoms with Crippen molar-refractivity contribution in [2.45, 2.75) is 6.92 Å². The van der Waals surface area contributed by atoms with Gasteiger partial charge in [0.15, 0.2) is 18.1 Å². The van der Waals surface area contributed by atoms with Crippen LogP contribution in [0.1, 0.15) is 12.7 Å². The molecule has 0 bridgehead atoms. The zero-order valence-electron chi connectivity index (χ0n) is 15.2. The Hall–Kier alpha value is -3.25. The van der Waals surface area contributed by atoms with Gasteiger partial charge < -0.3 is 13.9 Å². The molecule has 0 saturated heterocycles. The van der Waals surface area contributed by atoms with E-state index in [2.05, 4.69) is 10.5 Å². The van der Waals surface area contributed by atoms with E-state index >= 15 is 0 Å². The maximum Gasteiger partial charge on any atom is 0.277 e. The molecular weight excluding hydrogens is 380 g/mol. The maximum absolute atomic E-state index is 11.9. The zero-order valence-corrected chi connectivity index (χ0v) is 16.0. The smallest absolute Gasteiger partial charge is 0.277 e. The molecule has 0 atom stereocenters. The van der Waals surface area contributed by atoms with Gasteiger partial charge in [-0.3, -0.25) is 4.79 Å². The number of furan rings is 1. The number of ether oxygens (including phenoxy) is 2. The molecule has 28 heavy (non-hydrogen) atoms. The Labute approximate surface area is 167 Å². The van der Waals surface area contributed by atoms with Gasteiger partial charge in [0.2, 0.25) is 0 Å². The number of rotatable bonds is 8. The molecule has 0 spiro atoms. The lowest BCUT2D eigenvalue weighted by atomic mass is 10.2. The number of hydrogen-bond acceptors (Lipinski definition) is 5. The Morgan fingerprint density at radius 1 is 1.11 bits per heavy atom. The van der Waals surface area contributed by atoms with E-state index < -0.39 is 5.91 Å². The molecule has 0 aliphatic heterocycles. The van der Waals surface area contributed by atoms with Gasteiger partial charge in [-0.1, -0.05) is 35.9 Å². The number of amides is 1. The fourth-order valence-corrected chi connectivity index (χ4v) is 2.60. The average molecular weight is 399 g/mol. The van der Waals surface area contributed by atoms with Crippen molar-refractivity contribution < 1.29 is 18.7 Å². The Kier molecular flexibility index (Phi) is 6.70. The zero-order chi connectivity index (χ0) is 19.8. The largest absolute Gasteiger partial charge is 0.490 e. The molecule has 7 heteroatoms. The normalized spacial score (nSPS) is 10.8. The SMILES string of the molecule is CCOc1ccccc1OCC(=O)NN=Cc1ccc(-c2cccc(Cl)c2)o1. The van der Waals surface area contributed by atoms with E-state index in [1.54, 1.807) is 30.3 Å². The minimum Gasteiger partial charge on any atom is -0.490 e. The summed E-state index contributed by atoms with van der Waals surface area (Å²) < 4.78 is 16.6. The number of nitrogens with zero attached hydrogens (tertiary/aromatic N) is 1. The van der Waals surface area contributed by atoms with Crippen LogP contribution in [0.3, 0.4) is 0 Å². The molecule has 144 valence electrons. The predicted molar refractivity (Wildman–Crippen MR) is 108 cm³/mol. The van der Waals surface area contributed by atoms with Gasteiger partial charge in [-0.2, -0.15) is 5.10 Å². The molecule has 0 saturated carbocycles. The second kappa shape index (κ2) is 9.62. The summed E-state index contributed by atoms with van der Waals surface area (Å²) in [4.78, 5) is 11.9. The Morgan fingerprint density at radius 2 is 1.89 bits per heavy atom. The van der Waals surface area contributed by atoms with E-state index in [9.17, 15) is 4.79 Å². The van der Waals surface area contributed by atoms with Gasteiger partial charge in [-0.25, -0.2) is 5.43 Å². The molecule has 0 fully saturated rings. The number of para-hydroxylation sites is 2. The fourth-order valence-electron chi connectivity index (χ4n) is 2.41. The van der Waals surface area contributed by atoms with Crippen molar-refractivity contribution in [3.8, 4) is 22.8 Å². The van der Waals surface area contributed by atoms with Crippen LogP contribution in [0.15, 0.2) is 70.2 Å². The summed E-state index contributed by atoms with van der Waals surface area (Å²) in [5.74, 6) is 1.85. The topological polar surface area (TPSA) is 73.1 Å². The van der Waals surface area contributed by atoms with Gasteiger partial charge in [0.05, 0.1) is 12.8 Å². The number of hydrazone groups is 1. The van der Waals surface area contributed by atoms with Crippen molar-refractivity contribution in [1.29, 1.82) is 0 Å². The van der Waals surface area contributed by atoms with Crippen molar-refractivity contribution in [3.63, 3.8) is 0 Å². The third-order valence-electron chi connectivity index (χ3n) is 3.62. The molecule has 0 aliphatic carbocycles. The van der Waals surface area contributed by atoms with Crippen LogP contribution in [0.2, 0.25) is 5.02 Å². The predicted octanol–water partition coefficient (Wildman–Crippen LogP) is 4.53. The van der Waals surface area contributed by atoms with Crippen LogP contribution in [0.4, 0.5) is 0 Å². The van der Waals surface area contributed by atoms with E-state index in [1.165, 1.54) is 6.21 Å². The first-order valence-electron chi connectivity index (χ1n) is 8.68. The standard InChI is InChI=1S/C21H19ClN2O4/c1-2-26-19-8-3-4-9-20(19)27-14-21(25)24-23-13-17-10-11-18(28-17)15-6-5-7-16(22)12-15/h3-13H,2,14H2,1H3,(H,24,25). The van der Waals surface area contributed by atoms with Gasteiger partial charge in [-0.05, 0) is 43.3 Å². The maximum atomic E-state index is 11.9. The quantitative estimate of drug-likeness (QED) is 0.447. The van der Waals surface area contributed by atoms with E-state index in [4.69, 9.17) is 25.5 Å². The third-order valence-corrected chi connectivity index (χ3v) is 3.86. The van der Waals surface area contributed by atoms with E-state index in [-0.39, 0.29) is 6.61 Å². The molecule has 1 N–H and O–H groups in total. The second-order valence-electron chi connectivity index (χ2n) is 5.67. The Balaban J connectivity index is 1.52. The van der Waals surface area contributed by atoms with Crippen molar-refractivity contribution in [1.82, 2.24) is 5.43 Å². The molecular formula is C21H19ClN2O4. The molecule has 6 nitrogen and oxygen atoms in total. The number of halogens is 1. The summed E-state index contributed by atoms with van der Waals surface area (Å²) in [5, 5.41) is 4.51. The molecule has 3 aromatic rings. The van der Waals surface area contributed by atoms with Crippen LogP contribution in [0, 0.1) is 0 Å². The van der Waals surface area contributed by atoms with Gasteiger partial charge in [-0.15, -0.1) is 0 Å². The highest BCUT2D eigenvalue weighted by Crippen LogP contribution is 2.26. The minimum atomic E-state index is -0.399. The lowest BCUT2D eigenvalue weighted by Gasteiger charge is -2.10. The number of carbonyl (C=O) groups excluding carboxylic acids is 1. The molecule has 1 amide bonds. The first kappa shape index (κ1) is 19.5. The van der Waals surface area contributed by atoms with Crippen molar-refractivity contribution in [2.24, 2.45) is 5.10 Å². The summed E-state index contributed by atoms with van der Waals surface area (Å²) in [6.07, 6.45) is 1.42. The molecule has 1 heterocycles. The third kappa shape index (κ3) is 5.37. The first-order chi connectivity index (χ1) is 13.7. The minimum absolute atomic E-state index is 0.187. The van der Waals surface area contributed by atoms with Crippen molar-refractivity contribution >= 4 is 23.7 Å². The molecule has 1 aromatic heterocycles. The average Bonchev–Trinajstić information content (AvgIpc) is 3.16. The first-order valence-corrected chi connectivity index (χ1v) is 9.06. The van der Waals surface area contributed by atoms with Crippen LogP contribution >= 0.6 is 11.6 Å². The number of hydrogen-bond donors (Lipinski definition) is 1. The molecule has 0 radical (unpaired) electrons. The van der Waals surface area contributed by atoms with Gasteiger partial charge in [0.1, 0.15) is 11.5 Å². The summed E-state index contributed by atoms with van der Waals surface area (Å²) in [5.41, 5.74) is 3.25. The van der Waals surface area contributed by atoms with Crippen LogP contribution in [0.5, 0.6) is 11.5 Å². The summed E-state index contributed by atoms with van der Waals surface area (Å²) in [6, 6.07) is 18.1. The lowest BCUT2D eigenvalue weighted by molar-refractivity contribution is -0.123. The summed E-state index contributed by atoms with van der Waals surface area (Å²) in [6.45, 7) is 2.20. The highest BCUT2D eigenvalue weighted by atomic mass is 35.5. The Morgan fingerprint density at radius 3 is 2.64 bits per heavy atom. The fraction of sp³-hybridized carbons (Fsp3) is 0.143. The molecule has 0 aliphatic rings. The van der Waals surface area contributed by atoms with Crippen LogP contribution < -0.4 is 14.9 Å². The lowest BCUT2D eigenvalue weighted by Crippen LogP contribution is -2.24. The highest BCUT2D eigenvalue weighted by Gasteiger charge is 2.07. The Bertz CT molecular complexity index is 968. The number of nitrogens with one attached hydrogen (secondary N) is 1. The highest BCUT2D eigenvalue weighted by molar-refractivity contribution is 6.30. The number of benzene rings is 2. The van der Waals surface area contributed by atoms with Crippen LogP contribution in [0.25, 0.3) is 11.3 Å². The van der Waals surface area contributed by atoms with Gasteiger partial charge in [0.25, 0.3) is 5.91 Å². The van der Waals surface area contributed by atoms with Gasteiger partial charge >= 0.3 is 0 Å². The van der Waals surface area contributed by atoms with E-state index in [0.717, 1.165) is 5.56 Å². The van der Waals surface area contributed by atoms with Crippen molar-refractivity contribution in [2.75, 3.05) is 13.2 Å². The second-order valence-corrected chi connectivity index (χ2v) is 6.11. The van der Waals surface area contributed by atoms with E-state index in [0.29, 0.717) is 34.6 Å². The molecule has 0 unspecified atom stereocenters. The summed E-state index contributed by atoms with van der Waals surface area (Å²) in [7, 11) is 0. The van der Waals surface area contributed by atoms with Gasteiger partial charge in [0, 0.05) is 10.6 Å². The van der Waals surface area contributed by atoms with Crippen LogP contribution in [-0.2, 0) is 4.79 Å². The molecule has 3 rings (SSSR count). The molecule has 2 aromatic carbocycles. The van der Waals surface area contributed by atoms with Crippen molar-refractivity contribution in [3.05, 3.63) is 71.4 Å². The van der Waals surface area contributed by atoms with Crippen LogP contribution in [-0.4, -0.2) is 25.3 Å². The monoisotopic (exact) mass is 398 g/mol.